The number of anilines is 1. The van der Waals surface area contributed by atoms with Crippen LogP contribution in [0.25, 0.3) is 6.08 Å². The number of benzene rings is 2. The van der Waals surface area contributed by atoms with Crippen molar-refractivity contribution in [2.24, 2.45) is 5.10 Å². The van der Waals surface area contributed by atoms with Gasteiger partial charge in [0.15, 0.2) is 11.5 Å². The first-order chi connectivity index (χ1) is 11.5. The zero-order valence-corrected chi connectivity index (χ0v) is 13.9. The highest BCUT2D eigenvalue weighted by molar-refractivity contribution is 6.32. The molecule has 0 aromatic heterocycles. The molecule has 0 radical (unpaired) electrons. The van der Waals surface area contributed by atoms with Crippen LogP contribution in [0.15, 0.2) is 53.1 Å². The third-order valence-electron chi connectivity index (χ3n) is 3.68. The van der Waals surface area contributed by atoms with Gasteiger partial charge in [0.05, 0.1) is 24.1 Å². The van der Waals surface area contributed by atoms with E-state index in [0.717, 1.165) is 0 Å². The lowest BCUT2D eigenvalue weighted by Crippen LogP contribution is -2.21. The summed E-state index contributed by atoms with van der Waals surface area (Å²) in [7, 11) is 1.47. The Hall–Kier alpha value is -2.79. The van der Waals surface area contributed by atoms with Crippen molar-refractivity contribution < 1.29 is 14.6 Å². The van der Waals surface area contributed by atoms with Crippen molar-refractivity contribution in [2.45, 2.75) is 6.92 Å². The standard InChI is InChI=1S/C18H15ClN2O3/c1-11-15(10-12-4-3-5-16(24-2)17(12)22)18(23)21(20-11)14-8-6-13(19)7-9-14/h3-10,22H,1-2H3/b15-10-. The number of hydrogen-bond donors (Lipinski definition) is 1. The smallest absolute Gasteiger partial charge is 0.280 e. The Morgan fingerprint density at radius 2 is 1.92 bits per heavy atom. The van der Waals surface area contributed by atoms with Crippen LogP contribution in [0.2, 0.25) is 5.02 Å². The van der Waals surface area contributed by atoms with Gasteiger partial charge in [-0.2, -0.15) is 10.1 Å². The summed E-state index contributed by atoms with van der Waals surface area (Å²) >= 11 is 5.88. The number of rotatable bonds is 3. The van der Waals surface area contributed by atoms with E-state index >= 15 is 0 Å². The summed E-state index contributed by atoms with van der Waals surface area (Å²) in [5.74, 6) is 0.0639. The van der Waals surface area contributed by atoms with Crippen molar-refractivity contribution in [1.82, 2.24) is 0 Å². The van der Waals surface area contributed by atoms with Crippen molar-refractivity contribution in [3.8, 4) is 11.5 Å². The Kier molecular flexibility index (Phi) is 4.27. The average molecular weight is 343 g/mol. The lowest BCUT2D eigenvalue weighted by Gasteiger charge is -2.11. The van der Waals surface area contributed by atoms with Crippen LogP contribution in [0.5, 0.6) is 11.5 Å². The number of hydrazone groups is 1. The van der Waals surface area contributed by atoms with Gasteiger partial charge in [0.25, 0.3) is 5.91 Å². The highest BCUT2D eigenvalue weighted by Crippen LogP contribution is 2.32. The topological polar surface area (TPSA) is 62.1 Å². The van der Waals surface area contributed by atoms with Crippen LogP contribution >= 0.6 is 11.6 Å². The summed E-state index contributed by atoms with van der Waals surface area (Å²) in [4.78, 5) is 12.7. The number of halogens is 1. The number of hydrogen-bond acceptors (Lipinski definition) is 4. The Balaban J connectivity index is 1.97. The van der Waals surface area contributed by atoms with Gasteiger partial charge in [-0.1, -0.05) is 23.7 Å². The highest BCUT2D eigenvalue weighted by atomic mass is 35.5. The Morgan fingerprint density at radius 1 is 1.21 bits per heavy atom. The zero-order chi connectivity index (χ0) is 17.3. The lowest BCUT2D eigenvalue weighted by atomic mass is 10.1. The SMILES string of the molecule is COc1cccc(/C=C2\C(=O)N(c3ccc(Cl)cc3)N=C2C)c1O. The molecule has 1 N–H and O–H groups in total. The summed E-state index contributed by atoms with van der Waals surface area (Å²) in [6, 6.07) is 11.9. The molecular formula is C18H15ClN2O3. The largest absolute Gasteiger partial charge is 0.504 e. The van der Waals surface area contributed by atoms with Crippen LogP contribution in [0.4, 0.5) is 5.69 Å². The molecule has 0 unspecified atom stereocenters. The number of phenolic OH excluding ortho intramolecular Hbond substituents is 1. The molecule has 1 heterocycles. The molecule has 1 aliphatic rings. The molecule has 1 aliphatic heterocycles. The van der Waals surface area contributed by atoms with Gasteiger partial charge in [-0.25, -0.2) is 0 Å². The van der Waals surface area contributed by atoms with E-state index < -0.39 is 0 Å². The number of phenols is 1. The van der Waals surface area contributed by atoms with E-state index in [1.807, 2.05) is 0 Å². The van der Waals surface area contributed by atoms with Crippen LogP contribution < -0.4 is 9.75 Å². The summed E-state index contributed by atoms with van der Waals surface area (Å²) in [5, 5.41) is 16.4. The third-order valence-corrected chi connectivity index (χ3v) is 3.94. The predicted octanol–water partition coefficient (Wildman–Crippen LogP) is 3.86. The van der Waals surface area contributed by atoms with E-state index in [1.54, 1.807) is 55.5 Å². The van der Waals surface area contributed by atoms with Crippen molar-refractivity contribution in [3.63, 3.8) is 0 Å². The molecule has 0 saturated carbocycles. The molecule has 0 saturated heterocycles. The number of methoxy groups -OCH3 is 1. The fraction of sp³-hybridized carbons (Fsp3) is 0.111. The van der Waals surface area contributed by atoms with Gasteiger partial charge in [-0.05, 0) is 43.3 Å². The van der Waals surface area contributed by atoms with Gasteiger partial charge < -0.3 is 9.84 Å². The van der Waals surface area contributed by atoms with Gasteiger partial charge in [0.2, 0.25) is 0 Å². The first kappa shape index (κ1) is 16.1. The molecule has 0 bridgehead atoms. The second-order valence-electron chi connectivity index (χ2n) is 5.23. The van der Waals surface area contributed by atoms with Gasteiger partial charge >= 0.3 is 0 Å². The van der Waals surface area contributed by atoms with Crippen LogP contribution in [0.3, 0.4) is 0 Å². The minimum Gasteiger partial charge on any atom is -0.504 e. The van der Waals surface area contributed by atoms with Gasteiger partial charge in [0.1, 0.15) is 0 Å². The first-order valence-corrected chi connectivity index (χ1v) is 7.62. The van der Waals surface area contributed by atoms with Crippen molar-refractivity contribution in [2.75, 3.05) is 12.1 Å². The van der Waals surface area contributed by atoms with Crippen LogP contribution in [-0.4, -0.2) is 23.8 Å². The number of amides is 1. The molecule has 0 atom stereocenters. The molecule has 2 aromatic rings. The Labute approximate surface area is 144 Å². The van der Waals surface area contributed by atoms with Crippen LogP contribution in [0, 0.1) is 0 Å². The maximum atomic E-state index is 12.7. The molecular weight excluding hydrogens is 328 g/mol. The van der Waals surface area contributed by atoms with Crippen molar-refractivity contribution >= 4 is 35.0 Å². The van der Waals surface area contributed by atoms with Gasteiger partial charge in [0, 0.05) is 10.6 Å². The third kappa shape index (κ3) is 2.86. The van der Waals surface area contributed by atoms with Crippen molar-refractivity contribution in [3.05, 3.63) is 58.6 Å². The van der Waals surface area contributed by atoms with Crippen LogP contribution in [0.1, 0.15) is 12.5 Å². The molecule has 122 valence electrons. The molecule has 1 amide bonds. The van der Waals surface area contributed by atoms with E-state index in [0.29, 0.717) is 33.3 Å². The minimum absolute atomic E-state index is 0.0157. The Bertz CT molecular complexity index is 857. The second kappa shape index (κ2) is 6.37. The fourth-order valence-corrected chi connectivity index (χ4v) is 2.54. The number of carbonyl (C=O) groups is 1. The first-order valence-electron chi connectivity index (χ1n) is 7.24. The average Bonchev–Trinajstić information content (AvgIpc) is 2.85. The van der Waals surface area contributed by atoms with Crippen LogP contribution in [-0.2, 0) is 4.79 Å². The lowest BCUT2D eigenvalue weighted by molar-refractivity contribution is -0.114. The van der Waals surface area contributed by atoms with E-state index in [-0.39, 0.29) is 11.7 Å². The highest BCUT2D eigenvalue weighted by Gasteiger charge is 2.29. The summed E-state index contributed by atoms with van der Waals surface area (Å²) in [6.45, 7) is 1.75. The molecule has 6 heteroatoms. The van der Waals surface area contributed by atoms with Gasteiger partial charge in [-0.15, -0.1) is 0 Å². The number of para-hydroxylation sites is 1. The van der Waals surface area contributed by atoms with E-state index in [1.165, 1.54) is 12.1 Å². The second-order valence-corrected chi connectivity index (χ2v) is 5.67. The van der Waals surface area contributed by atoms with E-state index in [4.69, 9.17) is 16.3 Å². The minimum atomic E-state index is -0.267. The summed E-state index contributed by atoms with van der Waals surface area (Å²) in [5.41, 5.74) is 2.10. The number of carbonyl (C=O) groups excluding carboxylic acids is 1. The number of ether oxygens (including phenoxy) is 1. The maximum absolute atomic E-state index is 12.7. The van der Waals surface area contributed by atoms with E-state index in [9.17, 15) is 9.90 Å². The monoisotopic (exact) mass is 342 g/mol. The number of aromatic hydroxyl groups is 1. The molecule has 0 spiro atoms. The quantitative estimate of drug-likeness (QED) is 0.861. The van der Waals surface area contributed by atoms with E-state index in [2.05, 4.69) is 5.10 Å². The normalized spacial score (nSPS) is 15.8. The summed E-state index contributed by atoms with van der Waals surface area (Å²) < 4.78 is 5.09. The van der Waals surface area contributed by atoms with Gasteiger partial charge in [-0.3, -0.25) is 4.79 Å². The molecule has 0 fully saturated rings. The molecule has 24 heavy (non-hydrogen) atoms. The fourth-order valence-electron chi connectivity index (χ4n) is 2.42. The predicted molar refractivity (Wildman–Crippen MR) is 94.7 cm³/mol. The van der Waals surface area contributed by atoms with Crippen molar-refractivity contribution in [1.29, 1.82) is 0 Å². The zero-order valence-electron chi connectivity index (χ0n) is 13.2. The Morgan fingerprint density at radius 3 is 2.58 bits per heavy atom. The molecule has 2 aromatic carbocycles. The number of nitrogens with zero attached hydrogens (tertiary/aromatic N) is 2. The maximum Gasteiger partial charge on any atom is 0.280 e. The molecule has 0 aliphatic carbocycles. The molecule has 5 nitrogen and oxygen atoms in total. The molecule has 3 rings (SSSR count). The summed E-state index contributed by atoms with van der Waals surface area (Å²) in [6.07, 6.45) is 1.61.